The maximum absolute atomic E-state index is 12.7. The van der Waals surface area contributed by atoms with Gasteiger partial charge in [-0.1, -0.05) is 60.7 Å². The van der Waals surface area contributed by atoms with Gasteiger partial charge >= 0.3 is 0 Å². The fourth-order valence-electron chi connectivity index (χ4n) is 3.46. The van der Waals surface area contributed by atoms with Crippen LogP contribution in [0.3, 0.4) is 0 Å². The Bertz CT molecular complexity index is 1120. The molecule has 29 heavy (non-hydrogen) atoms. The second-order valence-electron chi connectivity index (χ2n) is 6.94. The first-order valence-electron chi connectivity index (χ1n) is 9.33. The lowest BCUT2D eigenvalue weighted by Gasteiger charge is -2.23. The topological polar surface area (TPSA) is 61.2 Å². The Labute approximate surface area is 169 Å². The molecular weight excluding hydrogens is 360 g/mol. The van der Waals surface area contributed by atoms with Gasteiger partial charge in [0.1, 0.15) is 0 Å². The van der Waals surface area contributed by atoms with Crippen LogP contribution in [0.4, 0.5) is 0 Å². The van der Waals surface area contributed by atoms with E-state index >= 15 is 0 Å². The Hall–Kier alpha value is -3.97. The van der Waals surface area contributed by atoms with Crippen LogP contribution >= 0.6 is 0 Å². The van der Waals surface area contributed by atoms with Gasteiger partial charge < -0.3 is 0 Å². The highest BCUT2D eigenvalue weighted by atomic mass is 16.2. The molecule has 1 atom stereocenters. The Morgan fingerprint density at radius 3 is 1.76 bits per heavy atom. The number of amides is 2. The molecule has 140 valence electrons. The molecule has 3 aromatic rings. The van der Waals surface area contributed by atoms with Crippen molar-refractivity contribution in [2.45, 2.75) is 13.0 Å². The first kappa shape index (κ1) is 18.4. The van der Waals surface area contributed by atoms with Gasteiger partial charge in [-0.3, -0.25) is 14.5 Å². The van der Waals surface area contributed by atoms with Gasteiger partial charge in [0.2, 0.25) is 0 Å². The minimum Gasteiger partial charge on any atom is -0.269 e. The SMILES string of the molecule is CC(c1ccc(/C=C/c2ccc(C#N)cc2)cc1)N1C(=O)c2ccccc2C1=O. The summed E-state index contributed by atoms with van der Waals surface area (Å²) in [5.74, 6) is -0.495. The van der Waals surface area contributed by atoms with E-state index < -0.39 is 0 Å². The highest BCUT2D eigenvalue weighted by molar-refractivity contribution is 6.21. The van der Waals surface area contributed by atoms with E-state index in [1.165, 1.54) is 4.90 Å². The van der Waals surface area contributed by atoms with Gasteiger partial charge in [0.05, 0.1) is 28.8 Å². The Morgan fingerprint density at radius 2 is 1.28 bits per heavy atom. The summed E-state index contributed by atoms with van der Waals surface area (Å²) in [6.07, 6.45) is 3.96. The standard InChI is InChI=1S/C25H18N2O2/c1-17(27-24(28)22-4-2-3-5-23(22)25(27)29)21-14-12-19(13-15-21)7-6-18-8-10-20(16-26)11-9-18/h2-15,17H,1H3/b7-6+. The first-order chi connectivity index (χ1) is 14.1. The fourth-order valence-corrected chi connectivity index (χ4v) is 3.46. The van der Waals surface area contributed by atoms with Gasteiger partial charge in [-0.2, -0.15) is 5.26 Å². The number of hydrogen-bond donors (Lipinski definition) is 0. The number of carbonyl (C=O) groups excluding carboxylic acids is 2. The maximum Gasteiger partial charge on any atom is 0.262 e. The van der Waals surface area contributed by atoms with Crippen LogP contribution in [-0.4, -0.2) is 16.7 Å². The third-order valence-electron chi connectivity index (χ3n) is 5.14. The molecule has 2 amide bonds. The van der Waals surface area contributed by atoms with Crippen molar-refractivity contribution in [1.82, 2.24) is 4.90 Å². The largest absolute Gasteiger partial charge is 0.269 e. The predicted octanol–water partition coefficient (Wildman–Crippen LogP) is 5.09. The zero-order valence-electron chi connectivity index (χ0n) is 15.9. The van der Waals surface area contributed by atoms with Crippen LogP contribution in [0.5, 0.6) is 0 Å². The average Bonchev–Trinajstić information content (AvgIpc) is 3.03. The molecule has 0 aromatic heterocycles. The van der Waals surface area contributed by atoms with Gasteiger partial charge in [0, 0.05) is 0 Å². The lowest BCUT2D eigenvalue weighted by Crippen LogP contribution is -2.32. The second-order valence-corrected chi connectivity index (χ2v) is 6.94. The van der Waals surface area contributed by atoms with Crippen LogP contribution in [0.1, 0.15) is 55.9 Å². The van der Waals surface area contributed by atoms with Crippen LogP contribution in [0, 0.1) is 11.3 Å². The average molecular weight is 378 g/mol. The summed E-state index contributed by atoms with van der Waals surface area (Å²) in [5, 5.41) is 8.86. The highest BCUT2D eigenvalue weighted by Crippen LogP contribution is 2.31. The molecule has 1 unspecified atom stereocenters. The molecule has 4 heteroatoms. The van der Waals surface area contributed by atoms with E-state index in [-0.39, 0.29) is 17.9 Å². The number of nitriles is 1. The summed E-state index contributed by atoms with van der Waals surface area (Å²) in [6.45, 7) is 1.86. The Balaban J connectivity index is 1.50. The summed E-state index contributed by atoms with van der Waals surface area (Å²) in [4.78, 5) is 26.7. The number of benzene rings is 3. The second kappa shape index (κ2) is 7.57. The Kier molecular flexibility index (Phi) is 4.80. The van der Waals surface area contributed by atoms with Crippen molar-refractivity contribution in [3.63, 3.8) is 0 Å². The monoisotopic (exact) mass is 378 g/mol. The van der Waals surface area contributed by atoms with Crippen molar-refractivity contribution in [3.8, 4) is 6.07 Å². The van der Waals surface area contributed by atoms with Gasteiger partial charge in [-0.25, -0.2) is 0 Å². The molecule has 1 heterocycles. The van der Waals surface area contributed by atoms with E-state index in [1.54, 1.807) is 36.4 Å². The number of fused-ring (bicyclic) bond motifs is 1. The molecule has 4 rings (SSSR count). The molecule has 0 saturated heterocycles. The van der Waals surface area contributed by atoms with Gasteiger partial charge in [-0.05, 0) is 47.9 Å². The van der Waals surface area contributed by atoms with Crippen LogP contribution in [0.25, 0.3) is 12.2 Å². The molecule has 1 aliphatic rings. The minimum atomic E-state index is -0.348. The lowest BCUT2D eigenvalue weighted by molar-refractivity contribution is 0.0595. The summed E-state index contributed by atoms with van der Waals surface area (Å²) in [5.41, 5.74) is 4.47. The maximum atomic E-state index is 12.7. The number of nitrogens with zero attached hydrogens (tertiary/aromatic N) is 2. The molecule has 0 aliphatic carbocycles. The van der Waals surface area contributed by atoms with Crippen molar-refractivity contribution < 1.29 is 9.59 Å². The van der Waals surface area contributed by atoms with Crippen LogP contribution < -0.4 is 0 Å². The van der Waals surface area contributed by atoms with E-state index in [4.69, 9.17) is 5.26 Å². The highest BCUT2D eigenvalue weighted by Gasteiger charge is 2.38. The fraction of sp³-hybridized carbons (Fsp3) is 0.0800. The molecule has 0 bridgehead atoms. The third-order valence-corrected chi connectivity index (χ3v) is 5.14. The third kappa shape index (κ3) is 3.46. The van der Waals surface area contributed by atoms with E-state index in [0.29, 0.717) is 16.7 Å². The quantitative estimate of drug-likeness (QED) is 0.469. The van der Waals surface area contributed by atoms with E-state index in [1.807, 2.05) is 55.5 Å². The zero-order chi connectivity index (χ0) is 20.4. The molecule has 3 aromatic carbocycles. The first-order valence-corrected chi connectivity index (χ1v) is 9.33. The molecule has 0 saturated carbocycles. The molecule has 0 N–H and O–H groups in total. The molecule has 0 radical (unpaired) electrons. The number of hydrogen-bond acceptors (Lipinski definition) is 3. The normalized spacial score (nSPS) is 14.1. The molecule has 4 nitrogen and oxygen atoms in total. The summed E-state index contributed by atoms with van der Waals surface area (Å²) >= 11 is 0. The van der Waals surface area contributed by atoms with Gasteiger partial charge in [0.25, 0.3) is 11.8 Å². The molecule has 0 spiro atoms. The van der Waals surface area contributed by atoms with Crippen molar-refractivity contribution in [2.24, 2.45) is 0 Å². The van der Waals surface area contributed by atoms with E-state index in [2.05, 4.69) is 6.07 Å². The van der Waals surface area contributed by atoms with Gasteiger partial charge in [0.15, 0.2) is 0 Å². The molecule has 0 fully saturated rings. The van der Waals surface area contributed by atoms with Crippen molar-refractivity contribution >= 4 is 24.0 Å². The summed E-state index contributed by atoms with van der Waals surface area (Å²) in [6, 6.07) is 23.8. The lowest BCUT2D eigenvalue weighted by atomic mass is 10.0. The Morgan fingerprint density at radius 1 is 0.793 bits per heavy atom. The van der Waals surface area contributed by atoms with Crippen LogP contribution in [0.2, 0.25) is 0 Å². The summed E-state index contributed by atoms with van der Waals surface area (Å²) < 4.78 is 0. The number of imide groups is 1. The zero-order valence-corrected chi connectivity index (χ0v) is 15.9. The smallest absolute Gasteiger partial charge is 0.262 e. The molecular formula is C25H18N2O2. The number of rotatable bonds is 4. The number of carbonyl (C=O) groups is 2. The van der Waals surface area contributed by atoms with Gasteiger partial charge in [-0.15, -0.1) is 0 Å². The van der Waals surface area contributed by atoms with E-state index in [9.17, 15) is 9.59 Å². The van der Waals surface area contributed by atoms with Crippen molar-refractivity contribution in [3.05, 3.63) is 106 Å². The van der Waals surface area contributed by atoms with Crippen molar-refractivity contribution in [2.75, 3.05) is 0 Å². The van der Waals surface area contributed by atoms with Crippen LogP contribution in [0.15, 0.2) is 72.8 Å². The van der Waals surface area contributed by atoms with Crippen LogP contribution in [-0.2, 0) is 0 Å². The van der Waals surface area contributed by atoms with E-state index in [0.717, 1.165) is 16.7 Å². The summed E-state index contributed by atoms with van der Waals surface area (Å²) in [7, 11) is 0. The van der Waals surface area contributed by atoms with Crippen molar-refractivity contribution in [1.29, 1.82) is 5.26 Å². The molecule has 1 aliphatic heterocycles. The minimum absolute atomic E-state index is 0.247. The predicted molar refractivity (Wildman–Crippen MR) is 112 cm³/mol.